The summed E-state index contributed by atoms with van der Waals surface area (Å²) in [7, 11) is -2.06. The van der Waals surface area contributed by atoms with E-state index in [-0.39, 0.29) is 11.4 Å². The molecule has 0 atom stereocenters. The lowest BCUT2D eigenvalue weighted by molar-refractivity contribution is 0.409. The van der Waals surface area contributed by atoms with Gasteiger partial charge in [0.2, 0.25) is 10.0 Å². The number of hydrogen-bond donors (Lipinski definition) is 1. The molecule has 0 heterocycles. The van der Waals surface area contributed by atoms with Crippen molar-refractivity contribution in [1.29, 1.82) is 0 Å². The second-order valence-electron chi connectivity index (χ2n) is 5.00. The maximum atomic E-state index is 12.5. The van der Waals surface area contributed by atoms with Gasteiger partial charge in [0.15, 0.2) is 0 Å². The van der Waals surface area contributed by atoms with E-state index in [2.05, 4.69) is 4.72 Å². The van der Waals surface area contributed by atoms with Crippen molar-refractivity contribution in [3.8, 4) is 5.75 Å². The van der Waals surface area contributed by atoms with Gasteiger partial charge in [-0.05, 0) is 43.2 Å². The Bertz CT molecular complexity index is 788. The van der Waals surface area contributed by atoms with Crippen LogP contribution in [-0.4, -0.2) is 15.5 Å². The highest BCUT2D eigenvalue weighted by atomic mass is 35.5. The molecule has 0 aliphatic heterocycles. The molecule has 0 aliphatic carbocycles. The molecule has 0 spiro atoms. The maximum absolute atomic E-state index is 12.5. The molecule has 0 radical (unpaired) electrons. The quantitative estimate of drug-likeness (QED) is 0.907. The molecule has 0 bridgehead atoms. The first-order chi connectivity index (χ1) is 10.3. The van der Waals surface area contributed by atoms with Gasteiger partial charge >= 0.3 is 0 Å². The molecule has 0 unspecified atom stereocenters. The van der Waals surface area contributed by atoms with Crippen molar-refractivity contribution in [2.24, 2.45) is 0 Å². The molecule has 0 aromatic heterocycles. The monoisotopic (exact) mass is 339 g/mol. The maximum Gasteiger partial charge on any atom is 0.241 e. The number of aryl methyl sites for hydroxylation is 2. The first-order valence-electron chi connectivity index (χ1n) is 6.73. The van der Waals surface area contributed by atoms with E-state index in [1.807, 2.05) is 18.2 Å². The molecule has 0 amide bonds. The second-order valence-corrected chi connectivity index (χ2v) is 7.15. The van der Waals surface area contributed by atoms with Crippen molar-refractivity contribution >= 4 is 21.6 Å². The van der Waals surface area contributed by atoms with Crippen LogP contribution in [0.4, 0.5) is 0 Å². The van der Waals surface area contributed by atoms with Crippen LogP contribution in [0, 0.1) is 13.8 Å². The van der Waals surface area contributed by atoms with Gasteiger partial charge in [-0.1, -0.05) is 29.8 Å². The van der Waals surface area contributed by atoms with Gasteiger partial charge in [-0.15, -0.1) is 0 Å². The highest BCUT2D eigenvalue weighted by Crippen LogP contribution is 2.24. The molecule has 2 rings (SSSR count). The smallest absolute Gasteiger partial charge is 0.241 e. The molecule has 0 saturated heterocycles. The summed E-state index contributed by atoms with van der Waals surface area (Å²) in [5.41, 5.74) is 2.12. The summed E-state index contributed by atoms with van der Waals surface area (Å²) >= 11 is 6.02. The average molecular weight is 340 g/mol. The predicted molar refractivity (Wildman–Crippen MR) is 87.9 cm³/mol. The van der Waals surface area contributed by atoms with Crippen LogP contribution in [0.15, 0.2) is 41.3 Å². The molecule has 1 N–H and O–H groups in total. The van der Waals surface area contributed by atoms with Crippen LogP contribution in [0.25, 0.3) is 0 Å². The molecule has 118 valence electrons. The third kappa shape index (κ3) is 3.61. The van der Waals surface area contributed by atoms with Crippen molar-refractivity contribution in [3.05, 3.63) is 58.1 Å². The van der Waals surface area contributed by atoms with Crippen LogP contribution in [-0.2, 0) is 16.6 Å². The van der Waals surface area contributed by atoms with Gasteiger partial charge in [0.25, 0.3) is 0 Å². The van der Waals surface area contributed by atoms with Crippen molar-refractivity contribution in [1.82, 2.24) is 4.72 Å². The fourth-order valence-electron chi connectivity index (χ4n) is 2.14. The normalized spacial score (nSPS) is 11.5. The number of halogens is 1. The Kier molecular flexibility index (Phi) is 5.11. The van der Waals surface area contributed by atoms with Crippen LogP contribution in [0.3, 0.4) is 0 Å². The molecule has 2 aromatic carbocycles. The summed E-state index contributed by atoms with van der Waals surface area (Å²) in [4.78, 5) is 0.240. The molecule has 2 aromatic rings. The zero-order chi connectivity index (χ0) is 16.3. The topological polar surface area (TPSA) is 55.4 Å². The Morgan fingerprint density at radius 1 is 1.14 bits per heavy atom. The first kappa shape index (κ1) is 16.8. The number of ether oxygens (including phenoxy) is 1. The molecular weight excluding hydrogens is 322 g/mol. The SMILES string of the molecule is COc1ccccc1CNS(=O)(=O)c1cc(C)c(Cl)cc1C. The first-order valence-corrected chi connectivity index (χ1v) is 8.59. The molecule has 0 fully saturated rings. The standard InChI is InChI=1S/C16H18ClNO3S/c1-11-9-16(12(2)8-14(11)17)22(19,20)18-10-13-6-4-5-7-15(13)21-3/h4-9,18H,10H2,1-3H3. The third-order valence-electron chi connectivity index (χ3n) is 3.39. The number of hydrogen-bond acceptors (Lipinski definition) is 3. The van der Waals surface area contributed by atoms with E-state index in [1.165, 1.54) is 0 Å². The summed E-state index contributed by atoms with van der Waals surface area (Å²) < 4.78 is 32.8. The largest absolute Gasteiger partial charge is 0.496 e. The number of sulfonamides is 1. The van der Waals surface area contributed by atoms with Crippen molar-refractivity contribution in [2.75, 3.05) is 7.11 Å². The number of nitrogens with one attached hydrogen (secondary N) is 1. The number of para-hydroxylation sites is 1. The Morgan fingerprint density at radius 2 is 1.82 bits per heavy atom. The minimum Gasteiger partial charge on any atom is -0.496 e. The zero-order valence-electron chi connectivity index (χ0n) is 12.7. The minimum absolute atomic E-state index is 0.160. The van der Waals surface area contributed by atoms with Crippen LogP contribution in [0.5, 0.6) is 5.75 Å². The highest BCUT2D eigenvalue weighted by molar-refractivity contribution is 7.89. The van der Waals surface area contributed by atoms with E-state index in [9.17, 15) is 8.42 Å². The average Bonchev–Trinajstić information content (AvgIpc) is 2.49. The van der Waals surface area contributed by atoms with Crippen LogP contribution < -0.4 is 9.46 Å². The van der Waals surface area contributed by atoms with Gasteiger partial charge in [0.1, 0.15) is 5.75 Å². The van der Waals surface area contributed by atoms with Crippen molar-refractivity contribution in [2.45, 2.75) is 25.3 Å². The highest BCUT2D eigenvalue weighted by Gasteiger charge is 2.18. The van der Waals surface area contributed by atoms with Gasteiger partial charge in [0.05, 0.1) is 12.0 Å². The van der Waals surface area contributed by atoms with Gasteiger partial charge in [-0.2, -0.15) is 0 Å². The summed E-state index contributed by atoms with van der Waals surface area (Å²) in [6.07, 6.45) is 0. The lowest BCUT2D eigenvalue weighted by Crippen LogP contribution is -2.24. The number of rotatable bonds is 5. The predicted octanol–water partition coefficient (Wildman–Crippen LogP) is 3.44. The van der Waals surface area contributed by atoms with E-state index >= 15 is 0 Å². The van der Waals surface area contributed by atoms with Gasteiger partial charge in [-0.3, -0.25) is 0 Å². The Labute approximate surface area is 136 Å². The molecule has 4 nitrogen and oxygen atoms in total. The van der Waals surface area contributed by atoms with Crippen molar-refractivity contribution < 1.29 is 13.2 Å². The van der Waals surface area contributed by atoms with E-state index in [0.29, 0.717) is 16.3 Å². The van der Waals surface area contributed by atoms with E-state index < -0.39 is 10.0 Å². The van der Waals surface area contributed by atoms with Crippen molar-refractivity contribution in [3.63, 3.8) is 0 Å². The summed E-state index contributed by atoms with van der Waals surface area (Å²) in [6, 6.07) is 10.5. The Morgan fingerprint density at radius 3 is 2.50 bits per heavy atom. The Hall–Kier alpha value is -1.56. The second kappa shape index (κ2) is 6.69. The van der Waals surface area contributed by atoms with Gasteiger partial charge < -0.3 is 4.74 Å². The van der Waals surface area contributed by atoms with E-state index in [4.69, 9.17) is 16.3 Å². The fraction of sp³-hybridized carbons (Fsp3) is 0.250. The van der Waals surface area contributed by atoms with Crippen LogP contribution in [0.1, 0.15) is 16.7 Å². The van der Waals surface area contributed by atoms with E-state index in [0.717, 1.165) is 11.1 Å². The molecular formula is C16H18ClNO3S. The molecule has 0 aliphatic rings. The lowest BCUT2D eigenvalue weighted by Gasteiger charge is -2.12. The summed E-state index contributed by atoms with van der Waals surface area (Å²) in [5.74, 6) is 0.647. The third-order valence-corrected chi connectivity index (χ3v) is 5.34. The lowest BCUT2D eigenvalue weighted by atomic mass is 10.2. The van der Waals surface area contributed by atoms with E-state index in [1.54, 1.807) is 39.2 Å². The molecule has 0 saturated carbocycles. The van der Waals surface area contributed by atoms with Crippen LogP contribution in [0.2, 0.25) is 5.02 Å². The number of methoxy groups -OCH3 is 1. The summed E-state index contributed by atoms with van der Waals surface area (Å²) in [5, 5.41) is 0.557. The summed E-state index contributed by atoms with van der Waals surface area (Å²) in [6.45, 7) is 3.66. The van der Waals surface area contributed by atoms with Crippen LogP contribution >= 0.6 is 11.6 Å². The van der Waals surface area contributed by atoms with Gasteiger partial charge in [-0.25, -0.2) is 13.1 Å². The van der Waals surface area contributed by atoms with Gasteiger partial charge in [0, 0.05) is 17.1 Å². The zero-order valence-corrected chi connectivity index (χ0v) is 14.3. The molecule has 22 heavy (non-hydrogen) atoms. The minimum atomic E-state index is -3.62. The Balaban J connectivity index is 2.27. The number of benzene rings is 2. The molecule has 6 heteroatoms. The fourth-order valence-corrected chi connectivity index (χ4v) is 3.68.